The van der Waals surface area contributed by atoms with Crippen molar-refractivity contribution in [3.05, 3.63) is 47.5 Å². The number of aldehydes is 2. The quantitative estimate of drug-likeness (QED) is 0.377. The standard InChI is InChI=1S/C22H26O6/c1-25-19-9-7-17(15-23)13-21(19)27-11-5-3-4-6-12-28-22-14-18(16-24)8-10-20(22)26-2/h7-10,13-16H,3-6,11-12H2,1-2H3. The summed E-state index contributed by atoms with van der Waals surface area (Å²) in [5.41, 5.74) is 1.11. The Morgan fingerprint density at radius 2 is 1.07 bits per heavy atom. The van der Waals surface area contributed by atoms with E-state index in [-0.39, 0.29) is 0 Å². The van der Waals surface area contributed by atoms with E-state index in [9.17, 15) is 9.59 Å². The highest BCUT2D eigenvalue weighted by atomic mass is 16.5. The molecule has 0 amide bonds. The first-order valence-electron chi connectivity index (χ1n) is 9.24. The van der Waals surface area contributed by atoms with Gasteiger partial charge in [0.15, 0.2) is 23.0 Å². The third kappa shape index (κ3) is 6.30. The number of unbranched alkanes of at least 4 members (excludes halogenated alkanes) is 3. The summed E-state index contributed by atoms with van der Waals surface area (Å²) in [4.78, 5) is 21.8. The maximum atomic E-state index is 10.9. The van der Waals surface area contributed by atoms with Crippen LogP contribution in [0.15, 0.2) is 36.4 Å². The molecule has 2 aromatic rings. The summed E-state index contributed by atoms with van der Waals surface area (Å²) in [7, 11) is 3.14. The molecule has 0 radical (unpaired) electrons. The van der Waals surface area contributed by atoms with E-state index in [0.717, 1.165) is 38.3 Å². The molecule has 0 N–H and O–H groups in total. The number of hydrogen-bond donors (Lipinski definition) is 0. The average Bonchev–Trinajstić information content (AvgIpc) is 2.75. The molecule has 150 valence electrons. The first kappa shape index (κ1) is 21.3. The third-order valence-electron chi connectivity index (χ3n) is 4.20. The lowest BCUT2D eigenvalue weighted by atomic mass is 10.2. The van der Waals surface area contributed by atoms with E-state index in [0.29, 0.717) is 47.3 Å². The van der Waals surface area contributed by atoms with Crippen LogP contribution in [0.4, 0.5) is 0 Å². The van der Waals surface area contributed by atoms with Crippen LogP contribution in [0.1, 0.15) is 46.4 Å². The fourth-order valence-electron chi connectivity index (χ4n) is 2.68. The van der Waals surface area contributed by atoms with Gasteiger partial charge in [-0.15, -0.1) is 0 Å². The van der Waals surface area contributed by atoms with Gasteiger partial charge in [0.1, 0.15) is 12.6 Å². The molecule has 0 unspecified atom stereocenters. The van der Waals surface area contributed by atoms with Gasteiger partial charge in [-0.2, -0.15) is 0 Å². The predicted molar refractivity (Wildman–Crippen MR) is 106 cm³/mol. The van der Waals surface area contributed by atoms with Crippen LogP contribution in [-0.2, 0) is 0 Å². The predicted octanol–water partition coefficient (Wildman–Crippen LogP) is 4.35. The number of carbonyl (C=O) groups excluding carboxylic acids is 2. The van der Waals surface area contributed by atoms with E-state index < -0.39 is 0 Å². The monoisotopic (exact) mass is 386 g/mol. The first-order valence-corrected chi connectivity index (χ1v) is 9.24. The SMILES string of the molecule is COc1ccc(C=O)cc1OCCCCCCOc1cc(C=O)ccc1OC. The molecule has 2 aromatic carbocycles. The molecule has 28 heavy (non-hydrogen) atoms. The third-order valence-corrected chi connectivity index (χ3v) is 4.20. The second-order valence-electron chi connectivity index (χ2n) is 6.17. The molecule has 0 aliphatic rings. The number of rotatable bonds is 13. The first-order chi connectivity index (χ1) is 13.7. The smallest absolute Gasteiger partial charge is 0.161 e. The molecule has 0 fully saturated rings. The minimum absolute atomic E-state index is 0.550. The lowest BCUT2D eigenvalue weighted by Crippen LogP contribution is -2.02. The largest absolute Gasteiger partial charge is 0.493 e. The molecule has 0 atom stereocenters. The van der Waals surface area contributed by atoms with Crippen molar-refractivity contribution in [2.45, 2.75) is 25.7 Å². The average molecular weight is 386 g/mol. The van der Waals surface area contributed by atoms with Crippen LogP contribution in [0.2, 0.25) is 0 Å². The molecular formula is C22H26O6. The van der Waals surface area contributed by atoms with Gasteiger partial charge < -0.3 is 18.9 Å². The lowest BCUT2D eigenvalue weighted by Gasteiger charge is -2.12. The van der Waals surface area contributed by atoms with Gasteiger partial charge in [0.05, 0.1) is 27.4 Å². The van der Waals surface area contributed by atoms with Crippen molar-refractivity contribution in [3.8, 4) is 23.0 Å². The zero-order valence-electron chi connectivity index (χ0n) is 16.3. The molecule has 0 heterocycles. The number of carbonyl (C=O) groups is 2. The Labute approximate surface area is 165 Å². The Bertz CT molecular complexity index is 706. The highest BCUT2D eigenvalue weighted by Crippen LogP contribution is 2.28. The van der Waals surface area contributed by atoms with E-state index in [1.54, 1.807) is 50.6 Å². The maximum Gasteiger partial charge on any atom is 0.161 e. The number of benzene rings is 2. The second-order valence-corrected chi connectivity index (χ2v) is 6.17. The van der Waals surface area contributed by atoms with Crippen molar-refractivity contribution in [2.24, 2.45) is 0 Å². The Balaban J connectivity index is 1.66. The number of methoxy groups -OCH3 is 2. The van der Waals surface area contributed by atoms with Gasteiger partial charge in [-0.3, -0.25) is 9.59 Å². The minimum Gasteiger partial charge on any atom is -0.493 e. The van der Waals surface area contributed by atoms with Gasteiger partial charge in [-0.25, -0.2) is 0 Å². The zero-order valence-corrected chi connectivity index (χ0v) is 16.3. The van der Waals surface area contributed by atoms with Gasteiger partial charge in [-0.05, 0) is 62.1 Å². The van der Waals surface area contributed by atoms with Gasteiger partial charge in [0.2, 0.25) is 0 Å². The Morgan fingerprint density at radius 1 is 0.643 bits per heavy atom. The fourth-order valence-corrected chi connectivity index (χ4v) is 2.68. The van der Waals surface area contributed by atoms with Crippen LogP contribution in [0, 0.1) is 0 Å². The van der Waals surface area contributed by atoms with Crippen LogP contribution < -0.4 is 18.9 Å². The van der Waals surface area contributed by atoms with Crippen LogP contribution >= 0.6 is 0 Å². The van der Waals surface area contributed by atoms with Gasteiger partial charge in [-0.1, -0.05) is 0 Å². The number of ether oxygens (including phenoxy) is 4. The molecule has 0 aliphatic carbocycles. The molecule has 0 saturated heterocycles. The summed E-state index contributed by atoms with van der Waals surface area (Å²) >= 11 is 0. The summed E-state index contributed by atoms with van der Waals surface area (Å²) in [6.45, 7) is 1.10. The van der Waals surface area contributed by atoms with Crippen molar-refractivity contribution in [1.82, 2.24) is 0 Å². The van der Waals surface area contributed by atoms with E-state index in [1.165, 1.54) is 0 Å². The molecule has 0 bridgehead atoms. The molecule has 6 nitrogen and oxygen atoms in total. The maximum absolute atomic E-state index is 10.9. The van der Waals surface area contributed by atoms with Crippen LogP contribution in [-0.4, -0.2) is 40.0 Å². The highest BCUT2D eigenvalue weighted by molar-refractivity contribution is 5.76. The molecule has 0 aromatic heterocycles. The van der Waals surface area contributed by atoms with Gasteiger partial charge in [0, 0.05) is 11.1 Å². The van der Waals surface area contributed by atoms with Crippen molar-refractivity contribution in [2.75, 3.05) is 27.4 Å². The summed E-state index contributed by atoms with van der Waals surface area (Å²) in [5, 5.41) is 0. The molecule has 2 rings (SSSR count). The van der Waals surface area contributed by atoms with Crippen LogP contribution in [0.5, 0.6) is 23.0 Å². The van der Waals surface area contributed by atoms with Crippen molar-refractivity contribution in [3.63, 3.8) is 0 Å². The molecule has 0 spiro atoms. The van der Waals surface area contributed by atoms with Crippen LogP contribution in [0.3, 0.4) is 0 Å². The van der Waals surface area contributed by atoms with E-state index in [1.807, 2.05) is 0 Å². The number of hydrogen-bond acceptors (Lipinski definition) is 6. The molecular weight excluding hydrogens is 360 g/mol. The van der Waals surface area contributed by atoms with Gasteiger partial charge in [0.25, 0.3) is 0 Å². The molecule has 0 aliphatic heterocycles. The van der Waals surface area contributed by atoms with E-state index in [4.69, 9.17) is 18.9 Å². The second kappa shape index (κ2) is 11.6. The van der Waals surface area contributed by atoms with E-state index >= 15 is 0 Å². The zero-order chi connectivity index (χ0) is 20.2. The summed E-state index contributed by atoms with van der Waals surface area (Å²) in [6.07, 6.45) is 5.32. The van der Waals surface area contributed by atoms with Crippen molar-refractivity contribution in [1.29, 1.82) is 0 Å². The summed E-state index contributed by atoms with van der Waals surface area (Å²) in [6, 6.07) is 10.2. The Kier molecular flexibility index (Phi) is 8.85. The highest BCUT2D eigenvalue weighted by Gasteiger charge is 2.07. The topological polar surface area (TPSA) is 71.1 Å². The minimum atomic E-state index is 0.550. The Morgan fingerprint density at radius 3 is 1.43 bits per heavy atom. The van der Waals surface area contributed by atoms with Crippen molar-refractivity contribution >= 4 is 12.6 Å². The lowest BCUT2D eigenvalue weighted by molar-refractivity contribution is 0.111. The fraction of sp³-hybridized carbons (Fsp3) is 0.364. The van der Waals surface area contributed by atoms with Crippen LogP contribution in [0.25, 0.3) is 0 Å². The summed E-state index contributed by atoms with van der Waals surface area (Å²) < 4.78 is 22.0. The summed E-state index contributed by atoms with van der Waals surface area (Å²) in [5.74, 6) is 2.39. The molecule has 6 heteroatoms. The normalized spacial score (nSPS) is 10.2. The molecule has 0 saturated carbocycles. The van der Waals surface area contributed by atoms with E-state index in [2.05, 4.69) is 0 Å². The van der Waals surface area contributed by atoms with Crippen molar-refractivity contribution < 1.29 is 28.5 Å². The Hall–Kier alpha value is -3.02. The van der Waals surface area contributed by atoms with Gasteiger partial charge >= 0.3 is 0 Å².